The van der Waals surface area contributed by atoms with Crippen molar-refractivity contribution in [1.82, 2.24) is 4.90 Å². The zero-order valence-electron chi connectivity index (χ0n) is 16.7. The number of nitrogens with zero attached hydrogens (tertiary/aromatic N) is 1. The number of para-hydroxylation sites is 1. The van der Waals surface area contributed by atoms with Crippen LogP contribution in [0.25, 0.3) is 21.9 Å². The van der Waals surface area contributed by atoms with Crippen LogP contribution in [0.3, 0.4) is 0 Å². The van der Waals surface area contributed by atoms with Crippen molar-refractivity contribution >= 4 is 33.5 Å². The van der Waals surface area contributed by atoms with Crippen molar-refractivity contribution in [3.05, 3.63) is 51.6 Å². The SMILES string of the molecule is CN(CCC(O)COc1cccc2c(=O)c3ccc(Cl)cc3oc12)C(C)(C)C. The largest absolute Gasteiger partial charge is 0.487 e. The van der Waals surface area contributed by atoms with Gasteiger partial charge in [-0.1, -0.05) is 17.7 Å². The van der Waals surface area contributed by atoms with Crippen molar-refractivity contribution < 1.29 is 14.3 Å². The Balaban J connectivity index is 1.80. The lowest BCUT2D eigenvalue weighted by Crippen LogP contribution is -2.40. The van der Waals surface area contributed by atoms with Crippen LogP contribution < -0.4 is 10.2 Å². The first-order valence-corrected chi connectivity index (χ1v) is 9.72. The van der Waals surface area contributed by atoms with Gasteiger partial charge in [0.2, 0.25) is 5.43 Å². The van der Waals surface area contributed by atoms with Gasteiger partial charge in [0.15, 0.2) is 11.3 Å². The van der Waals surface area contributed by atoms with Crippen LogP contribution in [-0.2, 0) is 0 Å². The number of hydrogen-bond donors (Lipinski definition) is 1. The second kappa shape index (κ2) is 8.11. The Labute approximate surface area is 169 Å². The summed E-state index contributed by atoms with van der Waals surface area (Å²) in [6, 6.07) is 10.1. The summed E-state index contributed by atoms with van der Waals surface area (Å²) in [6.45, 7) is 7.26. The topological polar surface area (TPSA) is 62.9 Å². The van der Waals surface area contributed by atoms with E-state index < -0.39 is 6.10 Å². The Bertz CT molecular complexity index is 1040. The molecule has 0 amide bonds. The van der Waals surface area contributed by atoms with Crippen LogP contribution in [0.15, 0.2) is 45.6 Å². The normalized spacial score (nSPS) is 13.4. The Morgan fingerprint density at radius 1 is 1.21 bits per heavy atom. The molecule has 0 saturated heterocycles. The van der Waals surface area contributed by atoms with Gasteiger partial charge in [-0.2, -0.15) is 0 Å². The number of aliphatic hydroxyl groups is 1. The summed E-state index contributed by atoms with van der Waals surface area (Å²) in [6.07, 6.45) is -0.0391. The minimum Gasteiger partial charge on any atom is -0.487 e. The fraction of sp³-hybridized carbons (Fsp3) is 0.409. The van der Waals surface area contributed by atoms with E-state index in [-0.39, 0.29) is 17.6 Å². The monoisotopic (exact) mass is 403 g/mol. The van der Waals surface area contributed by atoms with Crippen LogP contribution in [0.5, 0.6) is 5.75 Å². The zero-order valence-corrected chi connectivity index (χ0v) is 17.4. The number of rotatable bonds is 6. The highest BCUT2D eigenvalue weighted by molar-refractivity contribution is 6.31. The van der Waals surface area contributed by atoms with Crippen molar-refractivity contribution in [2.45, 2.75) is 38.8 Å². The lowest BCUT2D eigenvalue weighted by molar-refractivity contribution is 0.0770. The molecule has 3 rings (SSSR count). The minimum atomic E-state index is -0.623. The molecular formula is C22H26ClNO4. The zero-order chi connectivity index (χ0) is 20.5. The molecular weight excluding hydrogens is 378 g/mol. The molecule has 0 saturated carbocycles. The molecule has 28 heavy (non-hydrogen) atoms. The molecule has 0 spiro atoms. The maximum Gasteiger partial charge on any atom is 0.200 e. The predicted molar refractivity (Wildman–Crippen MR) is 114 cm³/mol. The summed E-state index contributed by atoms with van der Waals surface area (Å²) in [5.74, 6) is 0.430. The Morgan fingerprint density at radius 2 is 1.96 bits per heavy atom. The van der Waals surface area contributed by atoms with E-state index in [0.717, 1.165) is 6.54 Å². The van der Waals surface area contributed by atoms with Gasteiger partial charge in [0.05, 0.1) is 16.9 Å². The van der Waals surface area contributed by atoms with E-state index in [0.29, 0.717) is 39.1 Å². The van der Waals surface area contributed by atoms with Gasteiger partial charge in [0.1, 0.15) is 12.2 Å². The van der Waals surface area contributed by atoms with E-state index in [9.17, 15) is 9.90 Å². The lowest BCUT2D eigenvalue weighted by Gasteiger charge is -2.32. The lowest BCUT2D eigenvalue weighted by atomic mass is 10.1. The summed E-state index contributed by atoms with van der Waals surface area (Å²) in [7, 11) is 2.03. The maximum atomic E-state index is 12.7. The molecule has 0 aliphatic carbocycles. The van der Waals surface area contributed by atoms with Gasteiger partial charge in [0, 0.05) is 23.2 Å². The van der Waals surface area contributed by atoms with E-state index in [4.69, 9.17) is 20.8 Å². The third-order valence-corrected chi connectivity index (χ3v) is 5.23. The molecule has 0 bridgehead atoms. The summed E-state index contributed by atoms with van der Waals surface area (Å²) in [5.41, 5.74) is 0.683. The van der Waals surface area contributed by atoms with Gasteiger partial charge in [-0.3, -0.25) is 4.79 Å². The van der Waals surface area contributed by atoms with Gasteiger partial charge in [-0.25, -0.2) is 0 Å². The smallest absolute Gasteiger partial charge is 0.200 e. The molecule has 5 nitrogen and oxygen atoms in total. The number of hydrogen-bond acceptors (Lipinski definition) is 5. The van der Waals surface area contributed by atoms with Crippen molar-refractivity contribution in [2.75, 3.05) is 20.2 Å². The molecule has 6 heteroatoms. The second-order valence-electron chi connectivity index (χ2n) is 8.05. The van der Waals surface area contributed by atoms with Gasteiger partial charge in [-0.05, 0) is 58.5 Å². The number of ether oxygens (including phenoxy) is 1. The van der Waals surface area contributed by atoms with Crippen molar-refractivity contribution in [3.8, 4) is 5.75 Å². The number of aliphatic hydroxyl groups excluding tert-OH is 1. The van der Waals surface area contributed by atoms with Gasteiger partial charge < -0.3 is 19.2 Å². The fourth-order valence-electron chi connectivity index (χ4n) is 2.88. The number of halogens is 1. The van der Waals surface area contributed by atoms with E-state index in [1.807, 2.05) is 7.05 Å². The average molecular weight is 404 g/mol. The highest BCUT2D eigenvalue weighted by atomic mass is 35.5. The molecule has 2 aromatic carbocycles. The third-order valence-electron chi connectivity index (χ3n) is 5.00. The van der Waals surface area contributed by atoms with Crippen LogP contribution in [-0.4, -0.2) is 41.8 Å². The Kier molecular flexibility index (Phi) is 5.98. The molecule has 0 aliphatic rings. The quantitative estimate of drug-likeness (QED) is 0.615. The number of benzene rings is 2. The van der Waals surface area contributed by atoms with Crippen LogP contribution in [0.4, 0.5) is 0 Å². The molecule has 1 atom stereocenters. The summed E-state index contributed by atoms with van der Waals surface area (Å²) in [5, 5.41) is 11.7. The van der Waals surface area contributed by atoms with Crippen LogP contribution in [0, 0.1) is 0 Å². The van der Waals surface area contributed by atoms with E-state index in [1.165, 1.54) is 0 Å². The Morgan fingerprint density at radius 3 is 2.68 bits per heavy atom. The Hall–Kier alpha value is -2.08. The van der Waals surface area contributed by atoms with Gasteiger partial charge in [-0.15, -0.1) is 0 Å². The first-order chi connectivity index (χ1) is 13.2. The van der Waals surface area contributed by atoms with Gasteiger partial charge in [0.25, 0.3) is 0 Å². The minimum absolute atomic E-state index is 0.0436. The highest BCUT2D eigenvalue weighted by Gasteiger charge is 2.18. The maximum absolute atomic E-state index is 12.7. The first kappa shape index (κ1) is 20.6. The standard InChI is InChI=1S/C22H26ClNO4/c1-22(2,3)24(4)11-10-15(25)13-27-18-7-5-6-17-20(26)16-9-8-14(23)12-19(16)28-21(17)18/h5-9,12,15,25H,10-11,13H2,1-4H3. The fourth-order valence-corrected chi connectivity index (χ4v) is 3.05. The van der Waals surface area contributed by atoms with Crippen LogP contribution >= 0.6 is 11.6 Å². The van der Waals surface area contributed by atoms with Gasteiger partial charge >= 0.3 is 0 Å². The molecule has 0 fully saturated rings. The van der Waals surface area contributed by atoms with Crippen molar-refractivity contribution in [1.29, 1.82) is 0 Å². The molecule has 1 unspecified atom stereocenters. The molecule has 150 valence electrons. The average Bonchev–Trinajstić information content (AvgIpc) is 2.63. The van der Waals surface area contributed by atoms with Crippen LogP contribution in [0.1, 0.15) is 27.2 Å². The molecule has 0 aliphatic heterocycles. The molecule has 3 aromatic rings. The third kappa shape index (κ3) is 4.49. The first-order valence-electron chi connectivity index (χ1n) is 9.34. The predicted octanol–water partition coefficient (Wildman–Crippen LogP) is 4.46. The highest BCUT2D eigenvalue weighted by Crippen LogP contribution is 2.28. The summed E-state index contributed by atoms with van der Waals surface area (Å²) < 4.78 is 11.7. The van der Waals surface area contributed by atoms with E-state index >= 15 is 0 Å². The molecule has 1 aromatic heterocycles. The van der Waals surface area contributed by atoms with E-state index in [2.05, 4.69) is 25.7 Å². The molecule has 1 N–H and O–H groups in total. The van der Waals surface area contributed by atoms with E-state index in [1.54, 1.807) is 36.4 Å². The number of fused-ring (bicyclic) bond motifs is 2. The summed E-state index contributed by atoms with van der Waals surface area (Å²) in [4.78, 5) is 14.9. The van der Waals surface area contributed by atoms with Crippen molar-refractivity contribution in [2.24, 2.45) is 0 Å². The second-order valence-corrected chi connectivity index (χ2v) is 8.49. The van der Waals surface area contributed by atoms with Crippen LogP contribution in [0.2, 0.25) is 5.02 Å². The molecule has 1 heterocycles. The van der Waals surface area contributed by atoms with Crippen molar-refractivity contribution in [3.63, 3.8) is 0 Å². The molecule has 0 radical (unpaired) electrons. The summed E-state index contributed by atoms with van der Waals surface area (Å²) >= 11 is 6.03.